The van der Waals surface area contributed by atoms with E-state index in [1.807, 2.05) is 18.5 Å². The molecule has 0 spiro atoms. The third-order valence-electron chi connectivity index (χ3n) is 4.29. The maximum atomic E-state index is 4.24. The second-order valence-corrected chi connectivity index (χ2v) is 5.76. The fourth-order valence-electron chi connectivity index (χ4n) is 2.92. The highest BCUT2D eigenvalue weighted by Gasteiger charge is 2.45. The Bertz CT molecular complexity index is 388. The van der Waals surface area contributed by atoms with Crippen LogP contribution in [0.5, 0.6) is 0 Å². The van der Waals surface area contributed by atoms with Crippen molar-refractivity contribution < 1.29 is 0 Å². The number of piperazine rings is 1. The summed E-state index contributed by atoms with van der Waals surface area (Å²) in [5.74, 6) is 0.870. The number of nitrogens with one attached hydrogen (secondary N) is 1. The molecule has 1 aliphatic heterocycles. The number of aromatic nitrogens is 1. The fraction of sp³-hybridized carbons (Fsp3) is 0.643. The Hall–Kier alpha value is -1.09. The van der Waals surface area contributed by atoms with E-state index < -0.39 is 0 Å². The molecule has 17 heavy (non-hydrogen) atoms. The van der Waals surface area contributed by atoms with Crippen LogP contribution in [0, 0.1) is 5.92 Å². The molecule has 0 amide bonds. The molecule has 2 unspecified atom stereocenters. The lowest BCUT2D eigenvalue weighted by Crippen LogP contribution is -2.63. The summed E-state index contributed by atoms with van der Waals surface area (Å²) in [4.78, 5) is 6.74. The minimum Gasteiger partial charge on any atom is -0.364 e. The van der Waals surface area contributed by atoms with Crippen molar-refractivity contribution in [1.29, 1.82) is 0 Å². The average molecular weight is 231 g/mol. The Kier molecular flexibility index (Phi) is 2.58. The van der Waals surface area contributed by atoms with Gasteiger partial charge in [-0.1, -0.05) is 0 Å². The van der Waals surface area contributed by atoms with Crippen molar-refractivity contribution in [2.75, 3.05) is 18.0 Å². The first-order chi connectivity index (χ1) is 8.19. The van der Waals surface area contributed by atoms with Crippen LogP contribution >= 0.6 is 0 Å². The first-order valence-electron chi connectivity index (χ1n) is 6.61. The van der Waals surface area contributed by atoms with Crippen molar-refractivity contribution in [3.8, 4) is 0 Å². The van der Waals surface area contributed by atoms with E-state index in [1.165, 1.54) is 18.5 Å². The first-order valence-corrected chi connectivity index (χ1v) is 6.61. The highest BCUT2D eigenvalue weighted by molar-refractivity contribution is 5.46. The standard InChI is InChI=1S/C14H21N3/c1-11-8-16-14(2,12-5-6-12)10-17(11)13-4-3-7-15-9-13/h3-4,7,9,11-12,16H,5-6,8,10H2,1-2H3. The molecule has 1 aliphatic carbocycles. The second-order valence-electron chi connectivity index (χ2n) is 5.76. The van der Waals surface area contributed by atoms with E-state index in [0.29, 0.717) is 11.6 Å². The molecule has 1 aromatic heterocycles. The van der Waals surface area contributed by atoms with Gasteiger partial charge >= 0.3 is 0 Å². The Morgan fingerprint density at radius 2 is 2.29 bits per heavy atom. The molecular weight excluding hydrogens is 210 g/mol. The van der Waals surface area contributed by atoms with Gasteiger partial charge in [-0.25, -0.2) is 0 Å². The summed E-state index contributed by atoms with van der Waals surface area (Å²) in [6, 6.07) is 4.74. The van der Waals surface area contributed by atoms with E-state index in [2.05, 4.69) is 35.1 Å². The predicted octanol–water partition coefficient (Wildman–Crippen LogP) is 2.05. The van der Waals surface area contributed by atoms with Gasteiger partial charge in [0, 0.05) is 30.9 Å². The molecule has 0 aromatic carbocycles. The lowest BCUT2D eigenvalue weighted by molar-refractivity contribution is 0.260. The number of rotatable bonds is 2. The van der Waals surface area contributed by atoms with Crippen molar-refractivity contribution in [3.05, 3.63) is 24.5 Å². The van der Waals surface area contributed by atoms with E-state index >= 15 is 0 Å². The van der Waals surface area contributed by atoms with E-state index in [0.717, 1.165) is 19.0 Å². The summed E-state index contributed by atoms with van der Waals surface area (Å²) in [5, 5.41) is 3.74. The number of nitrogens with zero attached hydrogens (tertiary/aromatic N) is 2. The molecule has 0 bridgehead atoms. The van der Waals surface area contributed by atoms with Gasteiger partial charge in [-0.3, -0.25) is 4.98 Å². The molecule has 0 radical (unpaired) electrons. The van der Waals surface area contributed by atoms with E-state index in [4.69, 9.17) is 0 Å². The zero-order valence-corrected chi connectivity index (χ0v) is 10.7. The van der Waals surface area contributed by atoms with Crippen molar-refractivity contribution in [2.45, 2.75) is 38.3 Å². The van der Waals surface area contributed by atoms with Gasteiger partial charge in [0.1, 0.15) is 0 Å². The first kappa shape index (κ1) is 11.0. The van der Waals surface area contributed by atoms with Crippen molar-refractivity contribution in [2.24, 2.45) is 5.92 Å². The maximum Gasteiger partial charge on any atom is 0.0556 e. The quantitative estimate of drug-likeness (QED) is 0.844. The fourth-order valence-corrected chi connectivity index (χ4v) is 2.92. The van der Waals surface area contributed by atoms with Gasteiger partial charge < -0.3 is 10.2 Å². The SMILES string of the molecule is CC1CNC(C)(C2CC2)CN1c1cccnc1. The molecular formula is C14H21N3. The summed E-state index contributed by atoms with van der Waals surface area (Å²) in [7, 11) is 0. The number of hydrogen-bond acceptors (Lipinski definition) is 3. The molecule has 1 saturated heterocycles. The van der Waals surface area contributed by atoms with Gasteiger partial charge in [-0.15, -0.1) is 0 Å². The summed E-state index contributed by atoms with van der Waals surface area (Å²) in [5.41, 5.74) is 1.55. The van der Waals surface area contributed by atoms with Gasteiger partial charge in [-0.2, -0.15) is 0 Å². The Morgan fingerprint density at radius 1 is 1.47 bits per heavy atom. The molecule has 3 rings (SSSR count). The predicted molar refractivity (Wildman–Crippen MR) is 70.2 cm³/mol. The van der Waals surface area contributed by atoms with Crippen LogP contribution in [-0.4, -0.2) is 29.7 Å². The van der Waals surface area contributed by atoms with Crippen LogP contribution in [0.4, 0.5) is 5.69 Å². The van der Waals surface area contributed by atoms with Gasteiger partial charge in [0.05, 0.1) is 11.9 Å². The van der Waals surface area contributed by atoms with Crippen molar-refractivity contribution in [3.63, 3.8) is 0 Å². The van der Waals surface area contributed by atoms with Gasteiger partial charge in [0.15, 0.2) is 0 Å². The summed E-state index contributed by atoms with van der Waals surface area (Å²) in [6.45, 7) is 6.83. The highest BCUT2D eigenvalue weighted by atomic mass is 15.3. The maximum absolute atomic E-state index is 4.24. The van der Waals surface area contributed by atoms with Crippen LogP contribution in [0.15, 0.2) is 24.5 Å². The van der Waals surface area contributed by atoms with Crippen LogP contribution in [0.2, 0.25) is 0 Å². The minimum atomic E-state index is 0.294. The van der Waals surface area contributed by atoms with Crippen LogP contribution in [0.1, 0.15) is 26.7 Å². The summed E-state index contributed by atoms with van der Waals surface area (Å²) in [6.07, 6.45) is 6.60. The number of anilines is 1. The van der Waals surface area contributed by atoms with Crippen molar-refractivity contribution in [1.82, 2.24) is 10.3 Å². The smallest absolute Gasteiger partial charge is 0.0556 e. The molecule has 2 atom stereocenters. The second kappa shape index (κ2) is 3.98. The molecule has 2 aliphatic rings. The Balaban J connectivity index is 1.82. The molecule has 1 saturated carbocycles. The monoisotopic (exact) mass is 231 g/mol. The lowest BCUT2D eigenvalue weighted by Gasteiger charge is -2.46. The molecule has 1 aromatic rings. The van der Waals surface area contributed by atoms with Gasteiger partial charge in [-0.05, 0) is 44.7 Å². The lowest BCUT2D eigenvalue weighted by atomic mass is 9.91. The third kappa shape index (κ3) is 2.04. The molecule has 92 valence electrons. The Labute approximate surface area is 103 Å². The van der Waals surface area contributed by atoms with E-state index in [-0.39, 0.29) is 0 Å². The number of pyridine rings is 1. The van der Waals surface area contributed by atoms with Crippen molar-refractivity contribution >= 4 is 5.69 Å². The molecule has 2 fully saturated rings. The summed E-state index contributed by atoms with van der Waals surface area (Å²) >= 11 is 0. The van der Waals surface area contributed by atoms with Crippen LogP contribution in [0.25, 0.3) is 0 Å². The van der Waals surface area contributed by atoms with E-state index in [9.17, 15) is 0 Å². The third-order valence-corrected chi connectivity index (χ3v) is 4.29. The molecule has 3 heteroatoms. The van der Waals surface area contributed by atoms with Gasteiger partial charge in [0.2, 0.25) is 0 Å². The van der Waals surface area contributed by atoms with Crippen LogP contribution in [0.3, 0.4) is 0 Å². The normalized spacial score (nSPS) is 33.8. The number of hydrogen-bond donors (Lipinski definition) is 1. The topological polar surface area (TPSA) is 28.2 Å². The molecule has 1 N–H and O–H groups in total. The largest absolute Gasteiger partial charge is 0.364 e. The zero-order valence-electron chi connectivity index (χ0n) is 10.7. The summed E-state index contributed by atoms with van der Waals surface area (Å²) < 4.78 is 0. The average Bonchev–Trinajstić information content (AvgIpc) is 3.18. The Morgan fingerprint density at radius 3 is 2.94 bits per heavy atom. The minimum absolute atomic E-state index is 0.294. The van der Waals surface area contributed by atoms with Gasteiger partial charge in [0.25, 0.3) is 0 Å². The highest BCUT2D eigenvalue weighted by Crippen LogP contribution is 2.41. The van der Waals surface area contributed by atoms with E-state index in [1.54, 1.807) is 0 Å². The van der Waals surface area contributed by atoms with Crippen LogP contribution in [-0.2, 0) is 0 Å². The molecule has 3 nitrogen and oxygen atoms in total. The van der Waals surface area contributed by atoms with Crippen LogP contribution < -0.4 is 10.2 Å². The zero-order chi connectivity index (χ0) is 11.9. The molecule has 2 heterocycles.